The van der Waals surface area contributed by atoms with Gasteiger partial charge in [-0.2, -0.15) is 0 Å². The van der Waals surface area contributed by atoms with E-state index in [1.165, 1.54) is 265 Å². The molecule has 11 heteroatoms. The van der Waals surface area contributed by atoms with E-state index < -0.39 is 0 Å². The Bertz CT molecular complexity index is 1090. The maximum absolute atomic E-state index is 3.59. The van der Waals surface area contributed by atoms with Crippen LogP contribution in [0.3, 0.4) is 0 Å². The van der Waals surface area contributed by atoms with E-state index in [1.807, 2.05) is 0 Å². The van der Waals surface area contributed by atoms with Crippen molar-refractivity contribution in [1.82, 2.24) is 57.7 Å². The second-order valence-corrected chi connectivity index (χ2v) is 26.1. The van der Waals surface area contributed by atoms with Crippen molar-refractivity contribution in [3.63, 3.8) is 0 Å². The fraction of sp³-hybridized carbons (Fsp3) is 1.00. The maximum Gasteiger partial charge on any atom is 0.0210 e. The molecule has 4 saturated carbocycles. The second-order valence-electron chi connectivity index (χ2n) is 26.1. The number of nitrogens with zero attached hydrogens (tertiary/aromatic N) is 2. The van der Waals surface area contributed by atoms with Crippen molar-refractivity contribution < 1.29 is 0 Å². The van der Waals surface area contributed by atoms with Gasteiger partial charge in [0.1, 0.15) is 0 Å². The molecule has 0 aromatic rings. The molecule has 9 N–H and O–H groups in total. The fourth-order valence-corrected chi connectivity index (χ4v) is 15.9. The highest BCUT2D eigenvalue weighted by Crippen LogP contribution is 2.36. The topological polar surface area (TPSA) is 115 Å². The first-order valence-electron chi connectivity index (χ1n) is 30.6. The van der Waals surface area contributed by atoms with Gasteiger partial charge in [-0.1, -0.05) is 12.8 Å². The molecular weight excluding hydrogens is 839 g/mol. The first kappa shape index (κ1) is 51.1. The number of rotatable bonds is 0. The molecule has 4 aliphatic carbocycles. The highest BCUT2D eigenvalue weighted by atomic mass is 15.2. The standard InChI is InChI=1S/4C7H13N.C6H12N2.3C6H11N.C5H10N2/c1-4-8-5-2-7(1)3-6-8;1-3-7-4-2-6(1)5-8-7;1-2-7-3-6(1)4-8-5-7;1-2-6-4-5-7(3-1)8-6;1-2-6-4-7-3-5(1)8-6;1-5-2-6(1)4-7-3-5;1-3-7-4-2-6(1)5-7;1-2-5-4-6(3-1)7-5;1-4-2-6-3-5(1)7-4/h7H,1-6H2;3*6-8H,1-5H2;5-8H,1-4H2;5-7H,1-4H2;6H,1-5H2;5-7H,1-4H2;4-7H,1-3H2. The molecule has 0 aromatic carbocycles. The van der Waals surface area contributed by atoms with E-state index >= 15 is 0 Å². The van der Waals surface area contributed by atoms with Crippen molar-refractivity contribution in [1.29, 1.82) is 0 Å². The molecule has 68 heavy (non-hydrogen) atoms. The molecule has 0 aromatic heterocycles. The minimum absolute atomic E-state index is 0.800. The summed E-state index contributed by atoms with van der Waals surface area (Å²) in [6.45, 7) is 19.7. The molecule has 0 radical (unpaired) electrons. The quantitative estimate of drug-likeness (QED) is 0.147. The Morgan fingerprint density at radius 1 is 0.235 bits per heavy atom. The lowest BCUT2D eigenvalue weighted by molar-refractivity contribution is 0.111. The summed E-state index contributed by atoms with van der Waals surface area (Å²) in [5.41, 5.74) is 0. The number of piperidine rings is 12. The molecule has 19 heterocycles. The predicted octanol–water partition coefficient (Wildman–Crippen LogP) is 5.81. The van der Waals surface area contributed by atoms with Gasteiger partial charge in [0.2, 0.25) is 0 Å². The first-order chi connectivity index (χ1) is 33.5. The molecule has 23 fully saturated rings. The lowest BCUT2D eigenvalue weighted by atomic mass is 9.72. The van der Waals surface area contributed by atoms with Gasteiger partial charge in [0.15, 0.2) is 0 Å². The molecule has 18 bridgehead atoms. The van der Waals surface area contributed by atoms with Crippen LogP contribution in [-0.4, -0.2) is 162 Å². The second kappa shape index (κ2) is 26.7. The lowest BCUT2D eigenvalue weighted by Gasteiger charge is -2.42. The Kier molecular flexibility index (Phi) is 20.0. The van der Waals surface area contributed by atoms with E-state index in [0.29, 0.717) is 0 Å². The van der Waals surface area contributed by atoms with Gasteiger partial charge < -0.3 is 57.7 Å². The van der Waals surface area contributed by atoms with Crippen molar-refractivity contribution in [2.45, 2.75) is 221 Å². The highest BCUT2D eigenvalue weighted by Gasteiger charge is 2.34. The largest absolute Gasteiger partial charge is 0.316 e. The van der Waals surface area contributed by atoms with Crippen LogP contribution in [0.4, 0.5) is 0 Å². The van der Waals surface area contributed by atoms with E-state index in [4.69, 9.17) is 0 Å². The third kappa shape index (κ3) is 16.0. The van der Waals surface area contributed by atoms with Crippen molar-refractivity contribution in [3.8, 4) is 0 Å². The zero-order chi connectivity index (χ0) is 45.7. The SMILES string of the molecule is C1CC2CC(C1)N2.C1CC2CCC(C1)N2.C1CC2CCC1CN2.C1CC2CNCC1C2.C1CC2CNCC1N2.C1CN2CCC1C2.C1CN2CCC1CC2.C1NCC2CC1C2.C1NCC2CC1N2. The van der Waals surface area contributed by atoms with Crippen molar-refractivity contribution in [2.75, 3.05) is 98.2 Å². The van der Waals surface area contributed by atoms with E-state index in [-0.39, 0.29) is 0 Å². The summed E-state index contributed by atoms with van der Waals surface area (Å²) in [5, 5.41) is 31.1. The molecule has 390 valence electrons. The van der Waals surface area contributed by atoms with E-state index in [2.05, 4.69) is 57.7 Å². The van der Waals surface area contributed by atoms with Gasteiger partial charge in [0.25, 0.3) is 0 Å². The van der Waals surface area contributed by atoms with Gasteiger partial charge in [-0.15, -0.1) is 0 Å². The zero-order valence-electron chi connectivity index (χ0n) is 43.6. The van der Waals surface area contributed by atoms with Crippen molar-refractivity contribution in [3.05, 3.63) is 0 Å². The monoisotopic (exact) mass is 946 g/mol. The Balaban J connectivity index is 0.0000000892. The average Bonchev–Trinajstić information content (AvgIpc) is 4.26. The summed E-state index contributed by atoms with van der Waals surface area (Å²) in [6, 6.07) is 7.82. The minimum Gasteiger partial charge on any atom is -0.316 e. The van der Waals surface area contributed by atoms with Crippen LogP contribution in [0, 0.1) is 41.4 Å². The molecule has 0 spiro atoms. The number of piperazine rings is 2. The zero-order valence-corrected chi connectivity index (χ0v) is 43.6. The van der Waals surface area contributed by atoms with Crippen LogP contribution in [0.2, 0.25) is 0 Å². The van der Waals surface area contributed by atoms with Gasteiger partial charge >= 0.3 is 0 Å². The van der Waals surface area contributed by atoms with E-state index in [9.17, 15) is 0 Å². The molecular formula is C57H107N11. The lowest BCUT2D eigenvalue weighted by Crippen LogP contribution is -2.65. The van der Waals surface area contributed by atoms with Gasteiger partial charge in [0, 0.05) is 87.1 Å². The van der Waals surface area contributed by atoms with E-state index in [1.54, 1.807) is 0 Å². The molecule has 10 unspecified atom stereocenters. The van der Waals surface area contributed by atoms with Crippen LogP contribution in [-0.2, 0) is 0 Å². The highest BCUT2D eigenvalue weighted by molar-refractivity contribution is 4.96. The summed E-state index contributed by atoms with van der Waals surface area (Å²) in [6.07, 6.45) is 38.1. The molecule has 23 aliphatic rings. The molecule has 0 amide bonds. The smallest absolute Gasteiger partial charge is 0.0210 e. The number of hydrogen-bond acceptors (Lipinski definition) is 11. The Morgan fingerprint density at radius 2 is 0.618 bits per heavy atom. The third-order valence-electron chi connectivity index (χ3n) is 20.6. The Labute approximate surface area is 417 Å². The fourth-order valence-electron chi connectivity index (χ4n) is 15.9. The first-order valence-corrected chi connectivity index (χ1v) is 30.6. The number of hydrogen-bond donors (Lipinski definition) is 9. The van der Waals surface area contributed by atoms with Crippen LogP contribution in [0.15, 0.2) is 0 Å². The van der Waals surface area contributed by atoms with Crippen LogP contribution < -0.4 is 47.9 Å². The summed E-state index contributed by atoms with van der Waals surface area (Å²) in [7, 11) is 0. The predicted molar refractivity (Wildman–Crippen MR) is 283 cm³/mol. The molecule has 23 rings (SSSR count). The van der Waals surface area contributed by atoms with Crippen molar-refractivity contribution >= 4 is 0 Å². The van der Waals surface area contributed by atoms with Gasteiger partial charge in [0.05, 0.1) is 0 Å². The number of fused-ring (bicyclic) bond motifs is 20. The Hall–Kier alpha value is -0.440. The van der Waals surface area contributed by atoms with Crippen LogP contribution in [0.1, 0.15) is 167 Å². The minimum atomic E-state index is 0.800. The molecule has 19 saturated heterocycles. The molecule has 10 atom stereocenters. The molecule has 19 aliphatic heterocycles. The van der Waals surface area contributed by atoms with E-state index in [0.717, 1.165) is 95.8 Å². The summed E-state index contributed by atoms with van der Waals surface area (Å²) >= 11 is 0. The Morgan fingerprint density at radius 3 is 0.882 bits per heavy atom. The normalized spacial score (nSPS) is 46.2. The van der Waals surface area contributed by atoms with Gasteiger partial charge in [-0.05, 0) is 261 Å². The third-order valence-corrected chi connectivity index (χ3v) is 20.6. The summed E-state index contributed by atoms with van der Waals surface area (Å²) < 4.78 is 0. The summed E-state index contributed by atoms with van der Waals surface area (Å²) in [5.74, 6) is 7.49. The number of nitrogens with one attached hydrogen (secondary N) is 9. The van der Waals surface area contributed by atoms with Crippen molar-refractivity contribution in [2.24, 2.45) is 41.4 Å². The van der Waals surface area contributed by atoms with Gasteiger partial charge in [-0.25, -0.2) is 0 Å². The summed E-state index contributed by atoms with van der Waals surface area (Å²) in [4.78, 5) is 5.14. The maximum atomic E-state index is 3.59. The molecule has 11 nitrogen and oxygen atoms in total. The van der Waals surface area contributed by atoms with Gasteiger partial charge in [-0.3, -0.25) is 0 Å². The van der Waals surface area contributed by atoms with Crippen LogP contribution in [0.5, 0.6) is 0 Å². The average molecular weight is 947 g/mol. The van der Waals surface area contributed by atoms with Crippen LogP contribution >= 0.6 is 0 Å². The van der Waals surface area contributed by atoms with Crippen LogP contribution in [0.25, 0.3) is 0 Å².